The Morgan fingerprint density at radius 2 is 0.750 bits per heavy atom. The Labute approximate surface area is 104 Å². The molecule has 0 saturated heterocycles. The molecule has 0 aliphatic rings. The predicted octanol–water partition coefficient (Wildman–Crippen LogP) is -0.383. The van der Waals surface area contributed by atoms with Gasteiger partial charge in [-0.2, -0.15) is 0 Å². The molecule has 0 aromatic rings. The van der Waals surface area contributed by atoms with Crippen LogP contribution in [0.4, 0.5) is 0 Å². The van der Waals surface area contributed by atoms with Crippen molar-refractivity contribution >= 4 is 8.41 Å². The van der Waals surface area contributed by atoms with Crippen molar-refractivity contribution in [3.05, 3.63) is 0 Å². The van der Waals surface area contributed by atoms with Gasteiger partial charge in [-0.1, -0.05) is 0 Å². The fourth-order valence-corrected chi connectivity index (χ4v) is 0. The van der Waals surface area contributed by atoms with Crippen LogP contribution in [0, 0.1) is 81.7 Å². The van der Waals surface area contributed by atoms with Crippen LogP contribution in [-0.4, -0.2) is 8.41 Å². The molecule has 0 amide bonds. The molecule has 0 rings (SSSR count). The maximum Gasteiger partial charge on any atom is 0 e. The molecule has 3 radical (unpaired) electrons. The van der Waals surface area contributed by atoms with E-state index in [-0.39, 0.29) is 107 Å². The summed E-state index contributed by atoms with van der Waals surface area (Å²) in [6, 6.07) is 0. The molecule has 0 aliphatic carbocycles. The Kier molecular flexibility index (Phi) is 108. The third-order valence-electron chi connectivity index (χ3n) is 0. The van der Waals surface area contributed by atoms with Gasteiger partial charge in [0, 0.05) is 107 Å². The fraction of sp³-hybridized carbons (Fsp3) is 0. The Hall–Kier alpha value is 3.29. The number of rotatable bonds is 0. The summed E-state index contributed by atoms with van der Waals surface area (Å²) in [5, 5.41) is 0. The Bertz CT molecular complexity index is 6.00. The van der Waals surface area contributed by atoms with Gasteiger partial charge in [-0.25, -0.2) is 0 Å². The minimum atomic E-state index is 0. The Morgan fingerprint density at radius 3 is 0.750 bits per heavy atom. The molecule has 0 aromatic heterocycles. The molecule has 0 heterocycles. The molecule has 0 atom stereocenters. The van der Waals surface area contributed by atoms with Crippen LogP contribution >= 0.6 is 0 Å². The summed E-state index contributed by atoms with van der Waals surface area (Å²) in [5.74, 6) is 0. The van der Waals surface area contributed by atoms with Gasteiger partial charge in [0.15, 0.2) is 0 Å². The molecule has 19 valence electrons. The number of hydrogen-bond donors (Lipinski definition) is 0. The Morgan fingerprint density at radius 1 is 0.750 bits per heavy atom. The first-order valence-corrected chi connectivity index (χ1v) is 0. The van der Waals surface area contributed by atoms with Gasteiger partial charge in [0.2, 0.25) is 0 Å². The van der Waals surface area contributed by atoms with Crippen LogP contribution in [-0.2, 0) is 17.1 Å². The van der Waals surface area contributed by atoms with E-state index in [1.807, 2.05) is 0 Å². The minimum Gasteiger partial charge on any atom is 0 e. The quantitative estimate of drug-likeness (QED) is 0.520. The maximum absolute atomic E-state index is 0. The van der Waals surface area contributed by atoms with Crippen molar-refractivity contribution < 1.29 is 98.7 Å². The third-order valence-corrected chi connectivity index (χ3v) is 0. The molecule has 0 nitrogen and oxygen atoms in total. The van der Waals surface area contributed by atoms with Crippen LogP contribution in [0.5, 0.6) is 0 Å². The van der Waals surface area contributed by atoms with Gasteiger partial charge >= 0.3 is 0 Å². The van der Waals surface area contributed by atoms with Crippen LogP contribution in [0.3, 0.4) is 0 Å². The van der Waals surface area contributed by atoms with Crippen molar-refractivity contribution in [3.63, 3.8) is 0 Å². The summed E-state index contributed by atoms with van der Waals surface area (Å²) < 4.78 is 0. The van der Waals surface area contributed by atoms with Gasteiger partial charge in [0.1, 0.15) is 0 Å². The van der Waals surface area contributed by atoms with Crippen LogP contribution in [0.15, 0.2) is 0 Å². The first kappa shape index (κ1) is 26.7. The smallest absolute Gasteiger partial charge is 0 e. The van der Waals surface area contributed by atoms with Crippen molar-refractivity contribution in [1.82, 2.24) is 0 Å². The van der Waals surface area contributed by atoms with Gasteiger partial charge in [0.25, 0.3) is 0 Å². The molecule has 4 heavy (non-hydrogen) atoms. The predicted molar refractivity (Wildman–Crippen MR) is 5.75 cm³/mol. The fourth-order valence-electron chi connectivity index (χ4n) is 0. The van der Waals surface area contributed by atoms with E-state index >= 15 is 0 Å². The summed E-state index contributed by atoms with van der Waals surface area (Å²) in [6.07, 6.45) is 0. The second-order valence-corrected chi connectivity index (χ2v) is 0. The molecule has 0 unspecified atom stereocenters. The van der Waals surface area contributed by atoms with E-state index < -0.39 is 0 Å². The normalized spacial score (nSPS) is 0. The van der Waals surface area contributed by atoms with E-state index in [9.17, 15) is 0 Å². The molecule has 0 spiro atoms. The van der Waals surface area contributed by atoms with Crippen LogP contribution in [0.2, 0.25) is 0 Å². The summed E-state index contributed by atoms with van der Waals surface area (Å²) in [7, 11) is 0. The summed E-state index contributed by atoms with van der Waals surface area (Å²) in [6.45, 7) is 0. The monoisotopic (exact) mass is 351 g/mol. The van der Waals surface area contributed by atoms with E-state index in [0.717, 1.165) is 0 Å². The van der Waals surface area contributed by atoms with Gasteiger partial charge in [-0.3, -0.25) is 0 Å². The standard InChI is InChI=1S/B.Fe.2Nd. The topological polar surface area (TPSA) is 0 Å². The molecule has 0 N–H and O–H groups in total. The van der Waals surface area contributed by atoms with Crippen molar-refractivity contribution in [2.24, 2.45) is 0 Å². The SMILES string of the molecule is [B].[Fe].[Nd].[Nd]. The third kappa shape index (κ3) is 8.99. The Balaban J connectivity index is 0. The van der Waals surface area contributed by atoms with Crippen molar-refractivity contribution in [2.45, 2.75) is 0 Å². The first-order chi connectivity index (χ1) is 0. The zero-order chi connectivity index (χ0) is 0. The second-order valence-electron chi connectivity index (χ2n) is 0. The van der Waals surface area contributed by atoms with Gasteiger partial charge in [-0.05, 0) is 0 Å². The van der Waals surface area contributed by atoms with Crippen LogP contribution in [0.25, 0.3) is 0 Å². The van der Waals surface area contributed by atoms with Crippen molar-refractivity contribution in [3.8, 4) is 0 Å². The summed E-state index contributed by atoms with van der Waals surface area (Å²) in [4.78, 5) is 0. The van der Waals surface area contributed by atoms with E-state index in [1.54, 1.807) is 0 Å². The van der Waals surface area contributed by atoms with Crippen molar-refractivity contribution in [2.75, 3.05) is 0 Å². The van der Waals surface area contributed by atoms with Crippen LogP contribution < -0.4 is 0 Å². The molecular weight excluding hydrogens is 355 g/mol. The van der Waals surface area contributed by atoms with Gasteiger partial charge in [0.05, 0.1) is 0 Å². The van der Waals surface area contributed by atoms with E-state index in [2.05, 4.69) is 0 Å². The molecule has 0 saturated carbocycles. The van der Waals surface area contributed by atoms with Crippen LogP contribution in [0.1, 0.15) is 0 Å². The molecule has 0 fully saturated rings. The van der Waals surface area contributed by atoms with E-state index in [0.29, 0.717) is 0 Å². The molecule has 0 aromatic carbocycles. The molecule has 4 heteroatoms. The van der Waals surface area contributed by atoms with Gasteiger partial charge in [-0.15, -0.1) is 0 Å². The summed E-state index contributed by atoms with van der Waals surface area (Å²) >= 11 is 0. The summed E-state index contributed by atoms with van der Waals surface area (Å²) in [5.41, 5.74) is 0. The van der Waals surface area contributed by atoms with E-state index in [1.165, 1.54) is 0 Å². The molecular formula is BFeNd2. The zero-order valence-corrected chi connectivity index (χ0v) is 9.45. The average molecular weight is 355 g/mol. The average Bonchev–Trinajstić information content (AvgIpc) is 0. The zero-order valence-electron chi connectivity index (χ0n) is 1.93. The van der Waals surface area contributed by atoms with Crippen molar-refractivity contribution in [1.29, 1.82) is 0 Å². The first-order valence-electron chi connectivity index (χ1n) is 0. The minimum absolute atomic E-state index is 0. The largest absolute Gasteiger partial charge is 0 e. The maximum atomic E-state index is 0. The number of hydrogen-bond acceptors (Lipinski definition) is 0. The molecule has 0 aliphatic heterocycles. The van der Waals surface area contributed by atoms with E-state index in [4.69, 9.17) is 0 Å². The second kappa shape index (κ2) is 16.3. The molecule has 0 bridgehead atoms. The van der Waals surface area contributed by atoms with Gasteiger partial charge < -0.3 is 0 Å².